The highest BCUT2D eigenvalue weighted by Crippen LogP contribution is 2.42. The minimum Gasteiger partial charge on any atom is -0.508 e. The van der Waals surface area contributed by atoms with Crippen LogP contribution in [0.25, 0.3) is 0 Å². The van der Waals surface area contributed by atoms with Crippen molar-refractivity contribution in [2.75, 3.05) is 25.0 Å². The van der Waals surface area contributed by atoms with Crippen molar-refractivity contribution >= 4 is 5.69 Å². The average molecular weight is 190 g/mol. The predicted molar refractivity (Wildman–Crippen MR) is 55.8 cm³/mol. The fourth-order valence-corrected chi connectivity index (χ4v) is 2.61. The third-order valence-electron chi connectivity index (χ3n) is 3.44. The molecule has 1 fully saturated rings. The fraction of sp³-hybridized carbons (Fsp3) is 0.455. The first-order valence-electron chi connectivity index (χ1n) is 5.08. The van der Waals surface area contributed by atoms with E-state index in [9.17, 15) is 5.11 Å². The number of phenols is 1. The van der Waals surface area contributed by atoms with Gasteiger partial charge < -0.3 is 15.7 Å². The predicted octanol–water partition coefficient (Wildman–Crippen LogP) is 1.05. The number of hydrogen-bond acceptors (Lipinski definition) is 3. The number of phenolic OH excluding ortho intramolecular Hbond substituents is 1. The Kier molecular flexibility index (Phi) is 1.53. The van der Waals surface area contributed by atoms with E-state index in [0.717, 1.165) is 26.1 Å². The lowest BCUT2D eigenvalue weighted by Gasteiger charge is -2.21. The van der Waals surface area contributed by atoms with Crippen LogP contribution in [0.1, 0.15) is 12.0 Å². The lowest BCUT2D eigenvalue weighted by atomic mass is 9.81. The Bertz CT molecular complexity index is 370. The zero-order valence-electron chi connectivity index (χ0n) is 8.01. The van der Waals surface area contributed by atoms with Crippen molar-refractivity contribution in [3.63, 3.8) is 0 Å². The van der Waals surface area contributed by atoms with Crippen molar-refractivity contribution < 1.29 is 5.11 Å². The molecule has 1 saturated heterocycles. The van der Waals surface area contributed by atoms with Gasteiger partial charge in [0.05, 0.1) is 0 Å². The van der Waals surface area contributed by atoms with Crippen LogP contribution in [0.3, 0.4) is 0 Å². The molecule has 2 aliphatic heterocycles. The van der Waals surface area contributed by atoms with E-state index in [4.69, 9.17) is 0 Å². The SMILES string of the molecule is Oc1ccc2c(c1)C1(CCNC1)CN2. The second kappa shape index (κ2) is 2.64. The molecule has 0 radical (unpaired) electrons. The molecule has 1 unspecified atom stereocenters. The van der Waals surface area contributed by atoms with Crippen molar-refractivity contribution in [1.29, 1.82) is 0 Å². The van der Waals surface area contributed by atoms with Crippen LogP contribution in [0, 0.1) is 0 Å². The van der Waals surface area contributed by atoms with Crippen molar-refractivity contribution in [3.8, 4) is 5.75 Å². The van der Waals surface area contributed by atoms with Crippen LogP contribution in [0.5, 0.6) is 5.75 Å². The van der Waals surface area contributed by atoms with Crippen LogP contribution >= 0.6 is 0 Å². The van der Waals surface area contributed by atoms with Gasteiger partial charge >= 0.3 is 0 Å². The molecule has 3 N–H and O–H groups in total. The zero-order chi connectivity index (χ0) is 9.60. The largest absolute Gasteiger partial charge is 0.508 e. The summed E-state index contributed by atoms with van der Waals surface area (Å²) in [6.45, 7) is 3.10. The van der Waals surface area contributed by atoms with E-state index < -0.39 is 0 Å². The fourth-order valence-electron chi connectivity index (χ4n) is 2.61. The van der Waals surface area contributed by atoms with Gasteiger partial charge in [0.2, 0.25) is 0 Å². The number of aromatic hydroxyl groups is 1. The van der Waals surface area contributed by atoms with Gasteiger partial charge in [-0.15, -0.1) is 0 Å². The minimum atomic E-state index is 0.230. The number of rotatable bonds is 0. The van der Waals surface area contributed by atoms with Crippen LogP contribution in [0.2, 0.25) is 0 Å². The molecule has 0 saturated carbocycles. The second-order valence-corrected chi connectivity index (χ2v) is 4.29. The third kappa shape index (κ3) is 0.960. The molecule has 0 aliphatic carbocycles. The summed E-state index contributed by atoms with van der Waals surface area (Å²) < 4.78 is 0. The lowest BCUT2D eigenvalue weighted by Crippen LogP contribution is -2.30. The Morgan fingerprint density at radius 1 is 1.29 bits per heavy atom. The van der Waals surface area contributed by atoms with Gasteiger partial charge in [0, 0.05) is 24.2 Å². The van der Waals surface area contributed by atoms with Crippen molar-refractivity contribution in [1.82, 2.24) is 5.32 Å². The van der Waals surface area contributed by atoms with E-state index in [1.807, 2.05) is 12.1 Å². The summed E-state index contributed by atoms with van der Waals surface area (Å²) in [7, 11) is 0. The molecule has 1 spiro atoms. The normalized spacial score (nSPS) is 29.1. The Labute approximate surface area is 83.1 Å². The molecule has 2 heterocycles. The monoisotopic (exact) mass is 190 g/mol. The highest BCUT2D eigenvalue weighted by atomic mass is 16.3. The van der Waals surface area contributed by atoms with Gasteiger partial charge in [0.1, 0.15) is 5.75 Å². The van der Waals surface area contributed by atoms with Crippen LogP contribution < -0.4 is 10.6 Å². The Hall–Kier alpha value is -1.22. The quantitative estimate of drug-likeness (QED) is 0.536. The van der Waals surface area contributed by atoms with Crippen LogP contribution in [-0.4, -0.2) is 24.7 Å². The van der Waals surface area contributed by atoms with Crippen molar-refractivity contribution in [3.05, 3.63) is 23.8 Å². The van der Waals surface area contributed by atoms with Crippen molar-refractivity contribution in [2.45, 2.75) is 11.8 Å². The lowest BCUT2D eigenvalue weighted by molar-refractivity contribution is 0.469. The van der Waals surface area contributed by atoms with E-state index in [-0.39, 0.29) is 5.41 Å². The van der Waals surface area contributed by atoms with Crippen LogP contribution in [0.4, 0.5) is 5.69 Å². The van der Waals surface area contributed by atoms with Gasteiger partial charge in [-0.2, -0.15) is 0 Å². The molecule has 74 valence electrons. The molecule has 0 amide bonds. The molecule has 0 aromatic heterocycles. The average Bonchev–Trinajstić information content (AvgIpc) is 2.77. The molecule has 3 rings (SSSR count). The highest BCUT2D eigenvalue weighted by molar-refractivity contribution is 5.63. The number of fused-ring (bicyclic) bond motifs is 2. The molecule has 3 heteroatoms. The number of hydrogen-bond donors (Lipinski definition) is 3. The first-order valence-corrected chi connectivity index (χ1v) is 5.08. The van der Waals surface area contributed by atoms with Crippen LogP contribution in [0.15, 0.2) is 18.2 Å². The van der Waals surface area contributed by atoms with E-state index in [2.05, 4.69) is 10.6 Å². The summed E-state index contributed by atoms with van der Waals surface area (Å²) in [6.07, 6.45) is 1.16. The maximum Gasteiger partial charge on any atom is 0.116 e. The van der Waals surface area contributed by atoms with Gasteiger partial charge in [-0.3, -0.25) is 0 Å². The maximum atomic E-state index is 9.49. The Morgan fingerprint density at radius 2 is 2.21 bits per heavy atom. The Balaban J connectivity index is 2.12. The van der Waals surface area contributed by atoms with Gasteiger partial charge in [0.15, 0.2) is 0 Å². The first kappa shape index (κ1) is 8.12. The summed E-state index contributed by atoms with van der Waals surface area (Å²) in [5.41, 5.74) is 2.70. The molecule has 14 heavy (non-hydrogen) atoms. The highest BCUT2D eigenvalue weighted by Gasteiger charge is 2.41. The van der Waals surface area contributed by atoms with Gasteiger partial charge in [-0.05, 0) is 36.7 Å². The van der Waals surface area contributed by atoms with Gasteiger partial charge in [0.25, 0.3) is 0 Å². The topological polar surface area (TPSA) is 44.3 Å². The minimum absolute atomic E-state index is 0.230. The van der Waals surface area contributed by atoms with E-state index in [1.54, 1.807) is 6.07 Å². The van der Waals surface area contributed by atoms with Crippen molar-refractivity contribution in [2.24, 2.45) is 0 Å². The summed E-state index contributed by atoms with van der Waals surface area (Å²) in [6, 6.07) is 5.62. The smallest absolute Gasteiger partial charge is 0.116 e. The molecular weight excluding hydrogens is 176 g/mol. The van der Waals surface area contributed by atoms with Gasteiger partial charge in [-0.25, -0.2) is 0 Å². The third-order valence-corrected chi connectivity index (χ3v) is 3.44. The molecule has 0 bridgehead atoms. The van der Waals surface area contributed by atoms with Gasteiger partial charge in [-0.1, -0.05) is 0 Å². The summed E-state index contributed by atoms with van der Waals surface area (Å²) in [5, 5.41) is 16.3. The summed E-state index contributed by atoms with van der Waals surface area (Å²) in [5.74, 6) is 0.374. The van der Waals surface area contributed by atoms with E-state index in [0.29, 0.717) is 5.75 Å². The maximum absolute atomic E-state index is 9.49. The van der Waals surface area contributed by atoms with E-state index in [1.165, 1.54) is 11.3 Å². The van der Waals surface area contributed by atoms with E-state index >= 15 is 0 Å². The summed E-state index contributed by atoms with van der Waals surface area (Å²) >= 11 is 0. The molecule has 3 nitrogen and oxygen atoms in total. The summed E-state index contributed by atoms with van der Waals surface area (Å²) in [4.78, 5) is 0. The second-order valence-electron chi connectivity index (χ2n) is 4.29. The number of benzene rings is 1. The van der Waals surface area contributed by atoms with Crippen LogP contribution in [-0.2, 0) is 5.41 Å². The standard InChI is InChI=1S/C11H14N2O/c14-8-1-2-10-9(5-8)11(7-13-10)3-4-12-6-11/h1-2,5,12-14H,3-4,6-7H2. The zero-order valence-corrected chi connectivity index (χ0v) is 8.01. The number of nitrogens with one attached hydrogen (secondary N) is 2. The molecule has 2 aliphatic rings. The Morgan fingerprint density at radius 3 is 3.00 bits per heavy atom. The first-order chi connectivity index (χ1) is 6.80. The molecule has 1 aromatic carbocycles. The molecule has 1 aromatic rings. The molecular formula is C11H14N2O. The molecule has 1 atom stereocenters. The number of anilines is 1.